The zero-order valence-electron chi connectivity index (χ0n) is 5.75. The second-order valence-corrected chi connectivity index (χ2v) is 2.84. The van der Waals surface area contributed by atoms with Gasteiger partial charge < -0.3 is 24.8 Å². The first-order valence-corrected chi connectivity index (χ1v) is 3.51. The van der Waals surface area contributed by atoms with Gasteiger partial charge in [0.15, 0.2) is 6.29 Å². The first-order chi connectivity index (χ1) is 5.20. The van der Waals surface area contributed by atoms with E-state index in [0.717, 1.165) is 0 Å². The minimum absolute atomic E-state index is 0.236. The Morgan fingerprint density at radius 2 is 1.82 bits per heavy atom. The van der Waals surface area contributed by atoms with Gasteiger partial charge in [0, 0.05) is 0 Å². The van der Waals surface area contributed by atoms with Gasteiger partial charge in [-0.25, -0.2) is 0 Å². The predicted octanol–water partition coefficient (Wildman–Crippen LogP) is -2.18. The molecule has 0 aromatic rings. The van der Waals surface area contributed by atoms with Crippen LogP contribution >= 0.6 is 0 Å². The van der Waals surface area contributed by atoms with Crippen molar-refractivity contribution >= 4 is 0 Å². The molecule has 2 saturated heterocycles. The number of aliphatic hydroxyl groups excluding tert-OH is 3. The molecular weight excluding hydrogens is 152 g/mol. The molecule has 2 rings (SSSR count). The van der Waals surface area contributed by atoms with Crippen LogP contribution in [0.5, 0.6) is 0 Å². The van der Waals surface area contributed by atoms with E-state index in [1.807, 2.05) is 0 Å². The number of rotatable bonds is 0. The molecule has 3 N–H and O–H groups in total. The summed E-state index contributed by atoms with van der Waals surface area (Å²) in [6.07, 6.45) is -4.35. The predicted molar refractivity (Wildman–Crippen MR) is 32.6 cm³/mol. The third-order valence-corrected chi connectivity index (χ3v) is 2.11. The average Bonchev–Trinajstić information content (AvgIpc) is 2.23. The molecule has 2 aliphatic heterocycles. The maximum atomic E-state index is 9.28. The molecule has 1 unspecified atom stereocenters. The summed E-state index contributed by atoms with van der Waals surface area (Å²) < 4.78 is 9.82. The van der Waals surface area contributed by atoms with Gasteiger partial charge in [-0.15, -0.1) is 0 Å². The zero-order chi connectivity index (χ0) is 8.01. The minimum atomic E-state index is -1.23. The van der Waals surface area contributed by atoms with Crippen LogP contribution < -0.4 is 0 Å². The van der Waals surface area contributed by atoms with Crippen molar-refractivity contribution in [3.8, 4) is 0 Å². The third-order valence-electron chi connectivity index (χ3n) is 2.11. The molecule has 2 heterocycles. The van der Waals surface area contributed by atoms with E-state index in [9.17, 15) is 10.2 Å². The molecule has 0 radical (unpaired) electrons. The van der Waals surface area contributed by atoms with Crippen LogP contribution in [-0.2, 0) is 9.47 Å². The van der Waals surface area contributed by atoms with E-state index < -0.39 is 30.7 Å². The lowest BCUT2D eigenvalue weighted by Crippen LogP contribution is -2.52. The summed E-state index contributed by atoms with van der Waals surface area (Å²) in [7, 11) is 0. The fraction of sp³-hybridized carbons (Fsp3) is 1.00. The molecule has 11 heavy (non-hydrogen) atoms. The first kappa shape index (κ1) is 7.45. The van der Waals surface area contributed by atoms with E-state index in [1.54, 1.807) is 0 Å². The third kappa shape index (κ3) is 0.969. The van der Waals surface area contributed by atoms with Gasteiger partial charge in [-0.3, -0.25) is 0 Å². The normalized spacial score (nSPS) is 56.5. The molecule has 5 nitrogen and oxygen atoms in total. The maximum Gasteiger partial charge on any atom is 0.184 e. The van der Waals surface area contributed by atoms with Crippen LogP contribution in [0.2, 0.25) is 0 Å². The Balaban J connectivity index is 2.16. The van der Waals surface area contributed by atoms with Gasteiger partial charge in [0.05, 0.1) is 6.61 Å². The number of aliphatic hydroxyl groups is 3. The molecule has 2 fully saturated rings. The Hall–Kier alpha value is -0.200. The largest absolute Gasteiger partial charge is 0.387 e. The summed E-state index contributed by atoms with van der Waals surface area (Å²) in [5, 5.41) is 27.5. The summed E-state index contributed by atoms with van der Waals surface area (Å²) in [6, 6.07) is 0. The van der Waals surface area contributed by atoms with E-state index in [0.29, 0.717) is 0 Å². The van der Waals surface area contributed by atoms with Crippen molar-refractivity contribution in [2.24, 2.45) is 0 Å². The van der Waals surface area contributed by atoms with Crippen LogP contribution in [0.15, 0.2) is 0 Å². The standard InChI is InChI=1S/C6H10O5/c7-3-2-1-10-5(3)4(8)6(9)11-2/h2-9H,1H2/t2-,3+,4-,5?,6+/m1/s1. The lowest BCUT2D eigenvalue weighted by molar-refractivity contribution is -0.242. The maximum absolute atomic E-state index is 9.28. The molecule has 0 aromatic heterocycles. The minimum Gasteiger partial charge on any atom is -0.387 e. The van der Waals surface area contributed by atoms with Crippen molar-refractivity contribution in [2.75, 3.05) is 6.61 Å². The number of fused-ring (bicyclic) bond motifs is 2. The van der Waals surface area contributed by atoms with Gasteiger partial charge >= 0.3 is 0 Å². The fourth-order valence-corrected chi connectivity index (χ4v) is 1.46. The van der Waals surface area contributed by atoms with Crippen LogP contribution in [0, 0.1) is 0 Å². The van der Waals surface area contributed by atoms with Crippen LogP contribution in [0.1, 0.15) is 0 Å². The smallest absolute Gasteiger partial charge is 0.184 e. The van der Waals surface area contributed by atoms with Crippen molar-refractivity contribution < 1.29 is 24.8 Å². The average molecular weight is 162 g/mol. The van der Waals surface area contributed by atoms with Gasteiger partial charge in [-0.2, -0.15) is 0 Å². The Bertz CT molecular complexity index is 161. The molecule has 5 atom stereocenters. The number of hydrogen-bond donors (Lipinski definition) is 3. The summed E-state index contributed by atoms with van der Waals surface area (Å²) >= 11 is 0. The van der Waals surface area contributed by atoms with Crippen molar-refractivity contribution in [1.82, 2.24) is 0 Å². The van der Waals surface area contributed by atoms with Crippen LogP contribution in [0.4, 0.5) is 0 Å². The van der Waals surface area contributed by atoms with Gasteiger partial charge in [0.1, 0.15) is 24.4 Å². The summed E-state index contributed by atoms with van der Waals surface area (Å²) in [5.41, 5.74) is 0. The Morgan fingerprint density at radius 1 is 1.09 bits per heavy atom. The molecule has 2 bridgehead atoms. The molecule has 0 spiro atoms. The molecule has 0 aliphatic carbocycles. The molecule has 5 heteroatoms. The van der Waals surface area contributed by atoms with Crippen LogP contribution in [0.3, 0.4) is 0 Å². The van der Waals surface area contributed by atoms with E-state index in [-0.39, 0.29) is 6.61 Å². The van der Waals surface area contributed by atoms with E-state index in [2.05, 4.69) is 0 Å². The highest BCUT2D eigenvalue weighted by molar-refractivity contribution is 4.94. The highest BCUT2D eigenvalue weighted by Crippen LogP contribution is 2.28. The van der Waals surface area contributed by atoms with Crippen molar-refractivity contribution in [3.63, 3.8) is 0 Å². The number of hydrogen-bond acceptors (Lipinski definition) is 5. The van der Waals surface area contributed by atoms with Gasteiger partial charge in [-0.1, -0.05) is 0 Å². The molecule has 64 valence electrons. The van der Waals surface area contributed by atoms with E-state index in [4.69, 9.17) is 14.6 Å². The lowest BCUT2D eigenvalue weighted by Gasteiger charge is -2.31. The summed E-state index contributed by atoms with van der Waals surface area (Å²) in [4.78, 5) is 0. The zero-order valence-corrected chi connectivity index (χ0v) is 5.75. The van der Waals surface area contributed by atoms with Gasteiger partial charge in [0.2, 0.25) is 0 Å². The Morgan fingerprint density at radius 3 is 2.55 bits per heavy atom. The SMILES string of the molecule is O[C@@H]1C2OC[C@@H](O[C@@H]1O)[C@@H]2O. The van der Waals surface area contributed by atoms with E-state index >= 15 is 0 Å². The second-order valence-electron chi connectivity index (χ2n) is 2.84. The number of ether oxygens (including phenoxy) is 2. The molecule has 0 saturated carbocycles. The van der Waals surface area contributed by atoms with Crippen molar-refractivity contribution in [3.05, 3.63) is 0 Å². The lowest BCUT2D eigenvalue weighted by atomic mass is 10.0. The summed E-state index contributed by atoms with van der Waals surface area (Å²) in [6.45, 7) is 0.236. The summed E-state index contributed by atoms with van der Waals surface area (Å²) in [5.74, 6) is 0. The quantitative estimate of drug-likeness (QED) is 0.377. The van der Waals surface area contributed by atoms with Crippen LogP contribution in [-0.4, -0.2) is 52.6 Å². The highest BCUT2D eigenvalue weighted by atomic mass is 16.7. The van der Waals surface area contributed by atoms with E-state index in [1.165, 1.54) is 0 Å². The first-order valence-electron chi connectivity index (χ1n) is 3.51. The highest BCUT2D eigenvalue weighted by Gasteiger charge is 2.49. The monoisotopic (exact) mass is 162 g/mol. The molecular formula is C6H10O5. The van der Waals surface area contributed by atoms with Crippen molar-refractivity contribution in [1.29, 1.82) is 0 Å². The second kappa shape index (κ2) is 2.40. The van der Waals surface area contributed by atoms with Gasteiger partial charge in [-0.05, 0) is 0 Å². The fourth-order valence-electron chi connectivity index (χ4n) is 1.46. The molecule has 2 aliphatic rings. The molecule has 0 amide bonds. The van der Waals surface area contributed by atoms with Crippen LogP contribution in [0.25, 0.3) is 0 Å². The topological polar surface area (TPSA) is 79.2 Å². The Kier molecular flexibility index (Phi) is 1.62. The molecule has 0 aromatic carbocycles. The van der Waals surface area contributed by atoms with Gasteiger partial charge in [0.25, 0.3) is 0 Å². The van der Waals surface area contributed by atoms with Crippen molar-refractivity contribution in [2.45, 2.75) is 30.7 Å². The Labute approximate surface area is 63.2 Å².